The Morgan fingerprint density at radius 3 is 2.37 bits per heavy atom. The van der Waals surface area contributed by atoms with Crippen molar-refractivity contribution in [3.63, 3.8) is 0 Å². The van der Waals surface area contributed by atoms with Gasteiger partial charge in [0.15, 0.2) is 0 Å². The van der Waals surface area contributed by atoms with Crippen LogP contribution in [0.15, 0.2) is 48.5 Å². The summed E-state index contributed by atoms with van der Waals surface area (Å²) in [7, 11) is -4.02. The van der Waals surface area contributed by atoms with Crippen LogP contribution in [0.1, 0.15) is 24.5 Å². The van der Waals surface area contributed by atoms with Crippen molar-refractivity contribution < 1.29 is 26.4 Å². The van der Waals surface area contributed by atoms with Crippen molar-refractivity contribution in [1.82, 2.24) is 5.32 Å². The van der Waals surface area contributed by atoms with Gasteiger partial charge >= 0.3 is 6.18 Å². The smallest absolute Gasteiger partial charge is 0.352 e. The standard InChI is InChI=1S/C20H22ClF3N2O3S/c1-14(8-9-15-6-4-3-5-7-15)25-19(27)13-26(30(2,28)29)16-10-11-18(21)17(12-16)20(22,23)24/h3-7,10-12,14H,8-9,13H2,1-2H3,(H,25,27). The second-order valence-corrected chi connectivity index (χ2v) is 9.24. The van der Waals surface area contributed by atoms with Crippen molar-refractivity contribution in [3.05, 3.63) is 64.7 Å². The van der Waals surface area contributed by atoms with Crippen molar-refractivity contribution in [2.45, 2.75) is 32.0 Å². The molecular weight excluding hydrogens is 441 g/mol. The first kappa shape index (κ1) is 24.0. The number of amides is 1. The number of hydrogen-bond donors (Lipinski definition) is 1. The van der Waals surface area contributed by atoms with Gasteiger partial charge in [-0.1, -0.05) is 41.9 Å². The summed E-state index contributed by atoms with van der Waals surface area (Å²) < 4.78 is 64.3. The lowest BCUT2D eigenvalue weighted by atomic mass is 10.1. The Balaban J connectivity index is 2.11. The molecule has 1 atom stereocenters. The number of hydrogen-bond acceptors (Lipinski definition) is 3. The quantitative estimate of drug-likeness (QED) is 0.637. The average molecular weight is 463 g/mol. The first-order chi connectivity index (χ1) is 13.9. The molecule has 0 aliphatic carbocycles. The monoisotopic (exact) mass is 462 g/mol. The molecule has 0 aliphatic heterocycles. The summed E-state index contributed by atoms with van der Waals surface area (Å²) in [5.74, 6) is -0.621. The predicted molar refractivity (Wildman–Crippen MR) is 111 cm³/mol. The van der Waals surface area contributed by atoms with Crippen LogP contribution in [-0.2, 0) is 27.4 Å². The lowest BCUT2D eigenvalue weighted by molar-refractivity contribution is -0.137. The highest BCUT2D eigenvalue weighted by Gasteiger charge is 2.34. The number of alkyl halides is 3. The Kier molecular flexibility index (Phi) is 7.76. The molecule has 0 radical (unpaired) electrons. The minimum Gasteiger partial charge on any atom is -0.352 e. The molecule has 2 aromatic carbocycles. The number of carbonyl (C=O) groups excluding carboxylic acids is 1. The van der Waals surface area contributed by atoms with Gasteiger partial charge in [0, 0.05) is 6.04 Å². The van der Waals surface area contributed by atoms with E-state index in [1.165, 1.54) is 0 Å². The number of carbonyl (C=O) groups is 1. The molecule has 2 rings (SSSR count). The molecule has 1 amide bonds. The van der Waals surface area contributed by atoms with E-state index in [-0.39, 0.29) is 11.7 Å². The number of anilines is 1. The number of nitrogens with one attached hydrogen (secondary N) is 1. The number of rotatable bonds is 8. The van der Waals surface area contributed by atoms with E-state index < -0.39 is 39.2 Å². The number of benzene rings is 2. The van der Waals surface area contributed by atoms with Gasteiger partial charge in [0.05, 0.1) is 22.5 Å². The Morgan fingerprint density at radius 1 is 1.17 bits per heavy atom. The molecule has 0 aliphatic rings. The summed E-state index contributed by atoms with van der Waals surface area (Å²) in [5, 5.41) is 2.13. The second kappa shape index (κ2) is 9.70. The van der Waals surface area contributed by atoms with Crippen molar-refractivity contribution in [2.24, 2.45) is 0 Å². The Labute approximate surface area is 178 Å². The summed E-state index contributed by atoms with van der Waals surface area (Å²) >= 11 is 5.59. The van der Waals surface area contributed by atoms with Crippen LogP contribution in [0.3, 0.4) is 0 Å². The van der Waals surface area contributed by atoms with Crippen LogP contribution in [0, 0.1) is 0 Å². The summed E-state index contributed by atoms with van der Waals surface area (Å²) in [6.45, 7) is 1.13. The van der Waals surface area contributed by atoms with Crippen LogP contribution in [-0.4, -0.2) is 33.2 Å². The number of sulfonamides is 1. The van der Waals surface area contributed by atoms with Gasteiger partial charge in [0.25, 0.3) is 0 Å². The van der Waals surface area contributed by atoms with Crippen LogP contribution >= 0.6 is 11.6 Å². The maximum absolute atomic E-state index is 13.1. The minimum atomic E-state index is -4.76. The first-order valence-corrected chi connectivity index (χ1v) is 11.3. The molecule has 1 N–H and O–H groups in total. The lowest BCUT2D eigenvalue weighted by Crippen LogP contribution is -2.43. The fourth-order valence-electron chi connectivity index (χ4n) is 2.84. The zero-order chi connectivity index (χ0) is 22.5. The van der Waals surface area contributed by atoms with E-state index in [1.807, 2.05) is 30.3 Å². The van der Waals surface area contributed by atoms with Gasteiger partial charge in [0.2, 0.25) is 15.9 Å². The fraction of sp³-hybridized carbons (Fsp3) is 0.350. The molecule has 0 spiro atoms. The van der Waals surface area contributed by atoms with Crippen molar-refractivity contribution in [3.8, 4) is 0 Å². The largest absolute Gasteiger partial charge is 0.417 e. The Morgan fingerprint density at radius 2 is 1.80 bits per heavy atom. The highest BCUT2D eigenvalue weighted by atomic mass is 35.5. The van der Waals surface area contributed by atoms with Crippen LogP contribution in [0.4, 0.5) is 18.9 Å². The highest BCUT2D eigenvalue weighted by Crippen LogP contribution is 2.37. The summed E-state index contributed by atoms with van der Waals surface area (Å²) in [6.07, 6.45) is -2.61. The molecule has 0 bridgehead atoms. The number of nitrogens with zero attached hydrogens (tertiary/aromatic N) is 1. The van der Waals surface area contributed by atoms with Crippen molar-refractivity contribution >= 4 is 33.2 Å². The van der Waals surface area contributed by atoms with Crippen molar-refractivity contribution in [1.29, 1.82) is 0 Å². The summed E-state index contributed by atoms with van der Waals surface area (Å²) in [4.78, 5) is 12.4. The molecule has 2 aromatic rings. The van der Waals surface area contributed by atoms with Gasteiger partial charge in [-0.25, -0.2) is 8.42 Å². The van der Waals surface area contributed by atoms with Crippen LogP contribution in [0.2, 0.25) is 5.02 Å². The predicted octanol–water partition coefficient (Wildman–Crippen LogP) is 4.26. The third-order valence-corrected chi connectivity index (χ3v) is 5.82. The Hall–Kier alpha value is -2.26. The van der Waals surface area contributed by atoms with Crippen LogP contribution < -0.4 is 9.62 Å². The van der Waals surface area contributed by atoms with E-state index in [1.54, 1.807) is 6.92 Å². The molecule has 1 unspecified atom stereocenters. The van der Waals surface area contributed by atoms with E-state index in [0.717, 1.165) is 24.0 Å². The molecular formula is C20H22ClF3N2O3S. The van der Waals surface area contributed by atoms with E-state index in [4.69, 9.17) is 11.6 Å². The molecule has 0 saturated heterocycles. The first-order valence-electron chi connectivity index (χ1n) is 9.05. The third-order valence-electron chi connectivity index (χ3n) is 4.35. The molecule has 0 fully saturated rings. The van der Waals surface area contributed by atoms with Crippen molar-refractivity contribution in [2.75, 3.05) is 17.1 Å². The van der Waals surface area contributed by atoms with Gasteiger partial charge in [-0.05, 0) is 43.5 Å². The third kappa shape index (κ3) is 6.91. The SMILES string of the molecule is CC(CCc1ccccc1)NC(=O)CN(c1ccc(Cl)c(C(F)(F)F)c1)S(C)(=O)=O. The van der Waals surface area contributed by atoms with Gasteiger partial charge in [-0.2, -0.15) is 13.2 Å². The van der Waals surface area contributed by atoms with Gasteiger partial charge < -0.3 is 5.32 Å². The fourth-order valence-corrected chi connectivity index (χ4v) is 3.91. The van der Waals surface area contributed by atoms with Crippen LogP contribution in [0.5, 0.6) is 0 Å². The van der Waals surface area contributed by atoms with Gasteiger partial charge in [-0.15, -0.1) is 0 Å². The van der Waals surface area contributed by atoms with E-state index in [0.29, 0.717) is 23.2 Å². The minimum absolute atomic E-state index is 0.255. The molecule has 164 valence electrons. The molecule has 30 heavy (non-hydrogen) atoms. The molecule has 10 heteroatoms. The topological polar surface area (TPSA) is 66.5 Å². The maximum atomic E-state index is 13.1. The second-order valence-electron chi connectivity index (χ2n) is 6.92. The normalized spacial score (nSPS) is 13.0. The molecule has 0 heterocycles. The zero-order valence-electron chi connectivity index (χ0n) is 16.4. The summed E-state index contributed by atoms with van der Waals surface area (Å²) in [5.41, 5.74) is -0.370. The van der Waals surface area contributed by atoms with E-state index >= 15 is 0 Å². The maximum Gasteiger partial charge on any atom is 0.417 e. The van der Waals surface area contributed by atoms with Gasteiger partial charge in [-0.3, -0.25) is 9.10 Å². The molecule has 5 nitrogen and oxygen atoms in total. The number of halogens is 4. The molecule has 0 saturated carbocycles. The van der Waals surface area contributed by atoms with E-state index in [2.05, 4.69) is 5.32 Å². The van der Waals surface area contributed by atoms with E-state index in [9.17, 15) is 26.4 Å². The van der Waals surface area contributed by atoms with Crippen LogP contribution in [0.25, 0.3) is 0 Å². The Bertz CT molecular complexity index is 983. The number of aryl methyl sites for hydroxylation is 1. The zero-order valence-corrected chi connectivity index (χ0v) is 18.0. The van der Waals surface area contributed by atoms with Gasteiger partial charge in [0.1, 0.15) is 6.54 Å². The highest BCUT2D eigenvalue weighted by molar-refractivity contribution is 7.92. The summed E-state index contributed by atoms with van der Waals surface area (Å²) in [6, 6.07) is 12.1. The molecule has 0 aromatic heterocycles. The average Bonchev–Trinajstić information content (AvgIpc) is 2.64. The lowest BCUT2D eigenvalue weighted by Gasteiger charge is -2.24.